The SMILES string of the molecule is CCCn1c(SCC(=O)Nc2cccc(C(C)C)c2)nnc1-c1ccncc1. The number of nitrogens with zero attached hydrogens (tertiary/aromatic N) is 4. The molecule has 7 heteroatoms. The predicted molar refractivity (Wildman–Crippen MR) is 113 cm³/mol. The van der Waals surface area contributed by atoms with Gasteiger partial charge in [-0.1, -0.05) is 44.7 Å². The second kappa shape index (κ2) is 9.50. The number of pyridine rings is 1. The largest absolute Gasteiger partial charge is 0.325 e. The van der Waals surface area contributed by atoms with Crippen molar-refractivity contribution < 1.29 is 4.79 Å². The van der Waals surface area contributed by atoms with E-state index in [0.717, 1.165) is 35.2 Å². The third-order valence-corrected chi connectivity index (χ3v) is 5.24. The summed E-state index contributed by atoms with van der Waals surface area (Å²) in [6.07, 6.45) is 4.44. The predicted octanol–water partition coefficient (Wildman–Crippen LogP) is 4.60. The molecule has 0 saturated carbocycles. The van der Waals surface area contributed by atoms with Crippen LogP contribution in [0.1, 0.15) is 38.7 Å². The number of carbonyl (C=O) groups is 1. The molecular formula is C21H25N5OS. The molecule has 0 spiro atoms. The van der Waals surface area contributed by atoms with Crippen molar-refractivity contribution in [1.82, 2.24) is 19.7 Å². The second-order valence-electron chi connectivity index (χ2n) is 6.81. The van der Waals surface area contributed by atoms with Crippen LogP contribution < -0.4 is 5.32 Å². The first-order chi connectivity index (χ1) is 13.6. The fourth-order valence-corrected chi connectivity index (χ4v) is 3.60. The molecule has 28 heavy (non-hydrogen) atoms. The van der Waals surface area contributed by atoms with Gasteiger partial charge in [-0.25, -0.2) is 0 Å². The van der Waals surface area contributed by atoms with E-state index in [1.54, 1.807) is 12.4 Å². The third-order valence-electron chi connectivity index (χ3n) is 4.27. The van der Waals surface area contributed by atoms with E-state index in [9.17, 15) is 4.79 Å². The molecule has 6 nitrogen and oxygen atoms in total. The van der Waals surface area contributed by atoms with Crippen molar-refractivity contribution in [2.45, 2.75) is 44.8 Å². The number of carbonyl (C=O) groups excluding carboxylic acids is 1. The van der Waals surface area contributed by atoms with Crippen molar-refractivity contribution in [1.29, 1.82) is 0 Å². The molecule has 146 valence electrons. The van der Waals surface area contributed by atoms with Crippen molar-refractivity contribution in [2.24, 2.45) is 0 Å². The first-order valence-corrected chi connectivity index (χ1v) is 10.4. The number of thioether (sulfide) groups is 1. The Morgan fingerprint density at radius 2 is 1.96 bits per heavy atom. The molecule has 0 atom stereocenters. The van der Waals surface area contributed by atoms with Crippen LogP contribution >= 0.6 is 11.8 Å². The van der Waals surface area contributed by atoms with Crippen molar-refractivity contribution in [3.63, 3.8) is 0 Å². The summed E-state index contributed by atoms with van der Waals surface area (Å²) in [4.78, 5) is 16.5. The zero-order valence-corrected chi connectivity index (χ0v) is 17.2. The maximum atomic E-state index is 12.4. The standard InChI is InChI=1S/C21H25N5OS/c1-4-12-26-20(16-8-10-22-11-9-16)24-25-21(26)28-14-19(27)23-18-7-5-6-17(13-18)15(2)3/h5-11,13,15H,4,12,14H2,1-3H3,(H,23,27). The minimum absolute atomic E-state index is 0.0533. The zero-order chi connectivity index (χ0) is 19.9. The first-order valence-electron chi connectivity index (χ1n) is 9.44. The van der Waals surface area contributed by atoms with Gasteiger partial charge in [0.2, 0.25) is 5.91 Å². The van der Waals surface area contributed by atoms with E-state index in [4.69, 9.17) is 0 Å². The summed E-state index contributed by atoms with van der Waals surface area (Å²) in [6, 6.07) is 11.8. The Bertz CT molecular complexity index is 924. The van der Waals surface area contributed by atoms with Gasteiger partial charge in [0.25, 0.3) is 0 Å². The molecule has 3 aromatic rings. The summed E-state index contributed by atoms with van der Waals surface area (Å²) >= 11 is 1.40. The number of anilines is 1. The van der Waals surface area contributed by atoms with Gasteiger partial charge in [-0.2, -0.15) is 0 Å². The molecule has 0 saturated heterocycles. The Labute approximate surface area is 169 Å². The molecule has 0 aliphatic rings. The average Bonchev–Trinajstić information content (AvgIpc) is 3.10. The fraction of sp³-hybridized carbons (Fsp3) is 0.333. The van der Waals surface area contributed by atoms with Crippen molar-refractivity contribution in [2.75, 3.05) is 11.1 Å². The lowest BCUT2D eigenvalue weighted by molar-refractivity contribution is -0.113. The van der Waals surface area contributed by atoms with Crippen LogP contribution in [0.4, 0.5) is 5.69 Å². The molecule has 0 bridgehead atoms. The molecule has 1 aromatic carbocycles. The Morgan fingerprint density at radius 3 is 2.68 bits per heavy atom. The summed E-state index contributed by atoms with van der Waals surface area (Å²) in [5, 5.41) is 12.4. The van der Waals surface area contributed by atoms with Gasteiger partial charge in [0.15, 0.2) is 11.0 Å². The molecule has 2 heterocycles. The monoisotopic (exact) mass is 395 g/mol. The highest BCUT2D eigenvalue weighted by atomic mass is 32.2. The summed E-state index contributed by atoms with van der Waals surface area (Å²) in [6.45, 7) is 7.18. The lowest BCUT2D eigenvalue weighted by Crippen LogP contribution is -2.15. The van der Waals surface area contributed by atoms with Gasteiger partial charge < -0.3 is 9.88 Å². The van der Waals surface area contributed by atoms with Gasteiger partial charge in [-0.3, -0.25) is 9.78 Å². The number of nitrogens with one attached hydrogen (secondary N) is 1. The topological polar surface area (TPSA) is 72.7 Å². The number of hydrogen-bond acceptors (Lipinski definition) is 5. The minimum Gasteiger partial charge on any atom is -0.325 e. The molecule has 2 aromatic heterocycles. The summed E-state index contributed by atoms with van der Waals surface area (Å²) in [5.41, 5.74) is 3.00. The summed E-state index contributed by atoms with van der Waals surface area (Å²) < 4.78 is 2.06. The fourth-order valence-electron chi connectivity index (χ4n) is 2.84. The van der Waals surface area contributed by atoms with E-state index in [-0.39, 0.29) is 11.7 Å². The van der Waals surface area contributed by atoms with Crippen molar-refractivity contribution in [3.8, 4) is 11.4 Å². The highest BCUT2D eigenvalue weighted by molar-refractivity contribution is 7.99. The van der Waals surface area contributed by atoms with Crippen LogP contribution in [0.3, 0.4) is 0 Å². The van der Waals surface area contributed by atoms with Crippen LogP contribution in [-0.4, -0.2) is 31.4 Å². The Morgan fingerprint density at radius 1 is 1.18 bits per heavy atom. The van der Waals surface area contributed by atoms with Crippen LogP contribution in [0, 0.1) is 0 Å². The molecule has 0 aliphatic heterocycles. The quantitative estimate of drug-likeness (QED) is 0.564. The van der Waals surface area contributed by atoms with E-state index < -0.39 is 0 Å². The number of aromatic nitrogens is 4. The zero-order valence-electron chi connectivity index (χ0n) is 16.4. The Hall–Kier alpha value is -2.67. The average molecular weight is 396 g/mol. The van der Waals surface area contributed by atoms with Crippen LogP contribution in [-0.2, 0) is 11.3 Å². The molecule has 0 radical (unpaired) electrons. The number of hydrogen-bond donors (Lipinski definition) is 1. The maximum absolute atomic E-state index is 12.4. The maximum Gasteiger partial charge on any atom is 0.234 e. The van der Waals surface area contributed by atoms with Crippen LogP contribution in [0.15, 0.2) is 53.9 Å². The minimum atomic E-state index is -0.0533. The molecule has 3 rings (SSSR count). The van der Waals surface area contributed by atoms with Gasteiger partial charge in [0.1, 0.15) is 0 Å². The van der Waals surface area contributed by atoms with E-state index >= 15 is 0 Å². The van der Waals surface area contributed by atoms with Gasteiger partial charge in [0, 0.05) is 30.2 Å². The molecule has 1 N–H and O–H groups in total. The number of amides is 1. The highest BCUT2D eigenvalue weighted by Gasteiger charge is 2.15. The summed E-state index contributed by atoms with van der Waals surface area (Å²) in [7, 11) is 0. The second-order valence-corrected chi connectivity index (χ2v) is 7.75. The first kappa shape index (κ1) is 20.1. The number of rotatable bonds is 8. The van der Waals surface area contributed by atoms with Gasteiger partial charge in [0.05, 0.1) is 5.75 Å². The Kier molecular flexibility index (Phi) is 6.81. The van der Waals surface area contributed by atoms with Gasteiger partial charge >= 0.3 is 0 Å². The normalized spacial score (nSPS) is 11.0. The number of benzene rings is 1. The van der Waals surface area contributed by atoms with E-state index in [1.165, 1.54) is 17.3 Å². The molecule has 0 fully saturated rings. The van der Waals surface area contributed by atoms with Gasteiger partial charge in [-0.15, -0.1) is 10.2 Å². The van der Waals surface area contributed by atoms with E-state index in [2.05, 4.69) is 51.9 Å². The van der Waals surface area contributed by atoms with Gasteiger partial charge in [-0.05, 0) is 42.2 Å². The van der Waals surface area contributed by atoms with Crippen LogP contribution in [0.25, 0.3) is 11.4 Å². The lowest BCUT2D eigenvalue weighted by Gasteiger charge is -2.10. The van der Waals surface area contributed by atoms with Crippen molar-refractivity contribution in [3.05, 3.63) is 54.4 Å². The third kappa shape index (κ3) is 4.98. The van der Waals surface area contributed by atoms with E-state index in [0.29, 0.717) is 5.92 Å². The summed E-state index contributed by atoms with van der Waals surface area (Å²) in [5.74, 6) is 1.45. The molecule has 0 aliphatic carbocycles. The lowest BCUT2D eigenvalue weighted by atomic mass is 10.0. The molecular weight excluding hydrogens is 370 g/mol. The molecule has 1 amide bonds. The highest BCUT2D eigenvalue weighted by Crippen LogP contribution is 2.24. The van der Waals surface area contributed by atoms with E-state index in [1.807, 2.05) is 30.3 Å². The van der Waals surface area contributed by atoms with Crippen molar-refractivity contribution >= 4 is 23.4 Å². The van der Waals surface area contributed by atoms with Crippen LogP contribution in [0.2, 0.25) is 0 Å². The van der Waals surface area contributed by atoms with Crippen LogP contribution in [0.5, 0.6) is 0 Å². The molecule has 0 unspecified atom stereocenters. The Balaban J connectivity index is 1.68. The smallest absolute Gasteiger partial charge is 0.234 e.